The summed E-state index contributed by atoms with van der Waals surface area (Å²) >= 11 is 1.29. The number of hydrogen-bond acceptors (Lipinski definition) is 5. The quantitative estimate of drug-likeness (QED) is 0.611. The van der Waals surface area contributed by atoms with Crippen LogP contribution in [-0.2, 0) is 9.59 Å². The van der Waals surface area contributed by atoms with E-state index < -0.39 is 0 Å². The van der Waals surface area contributed by atoms with Gasteiger partial charge in [-0.1, -0.05) is 72.4 Å². The number of primary amides is 1. The molecule has 0 unspecified atom stereocenters. The Labute approximate surface area is 179 Å². The van der Waals surface area contributed by atoms with Crippen LogP contribution in [0, 0.1) is 5.92 Å². The van der Waals surface area contributed by atoms with Crippen molar-refractivity contribution >= 4 is 23.6 Å². The number of carbonyl (C=O) groups is 2. The van der Waals surface area contributed by atoms with E-state index in [-0.39, 0.29) is 23.5 Å². The molecule has 0 bridgehead atoms. The Morgan fingerprint density at radius 3 is 2.20 bits per heavy atom. The summed E-state index contributed by atoms with van der Waals surface area (Å²) in [5, 5.41) is 0.466. The predicted molar refractivity (Wildman–Crippen MR) is 117 cm³/mol. The van der Waals surface area contributed by atoms with Gasteiger partial charge in [0.25, 0.3) is 5.22 Å². The summed E-state index contributed by atoms with van der Waals surface area (Å²) in [7, 11) is 0. The summed E-state index contributed by atoms with van der Waals surface area (Å²) in [6.07, 6.45) is 1.25. The van der Waals surface area contributed by atoms with Crippen molar-refractivity contribution in [1.29, 1.82) is 0 Å². The molecule has 2 heterocycles. The molecule has 2 amide bonds. The second kappa shape index (κ2) is 9.17. The van der Waals surface area contributed by atoms with Gasteiger partial charge in [-0.05, 0) is 12.8 Å². The number of thioether (sulfide) groups is 1. The van der Waals surface area contributed by atoms with Gasteiger partial charge in [-0.3, -0.25) is 9.59 Å². The normalized spacial score (nSPS) is 14.6. The van der Waals surface area contributed by atoms with Gasteiger partial charge in [0.15, 0.2) is 5.76 Å². The molecule has 2 aromatic carbocycles. The lowest BCUT2D eigenvalue weighted by Gasteiger charge is -2.30. The van der Waals surface area contributed by atoms with E-state index in [4.69, 9.17) is 10.2 Å². The van der Waals surface area contributed by atoms with E-state index in [1.54, 1.807) is 4.90 Å². The van der Waals surface area contributed by atoms with Gasteiger partial charge in [-0.25, -0.2) is 4.98 Å². The van der Waals surface area contributed by atoms with Crippen molar-refractivity contribution in [2.24, 2.45) is 11.7 Å². The zero-order valence-electron chi connectivity index (χ0n) is 16.5. The largest absolute Gasteiger partial charge is 0.431 e. The monoisotopic (exact) mass is 421 g/mol. The molecule has 6 nitrogen and oxygen atoms in total. The molecule has 2 N–H and O–H groups in total. The number of nitrogens with zero attached hydrogens (tertiary/aromatic N) is 2. The van der Waals surface area contributed by atoms with Crippen LogP contribution in [0.4, 0.5) is 0 Å². The maximum absolute atomic E-state index is 12.6. The summed E-state index contributed by atoms with van der Waals surface area (Å²) in [6.45, 7) is 1.12. The number of oxazole rings is 1. The first-order valence-electron chi connectivity index (χ1n) is 9.93. The summed E-state index contributed by atoms with van der Waals surface area (Å²) in [4.78, 5) is 30.4. The fourth-order valence-corrected chi connectivity index (χ4v) is 4.29. The lowest BCUT2D eigenvalue weighted by molar-refractivity contribution is -0.132. The summed E-state index contributed by atoms with van der Waals surface area (Å²) in [6, 6.07) is 19.7. The summed E-state index contributed by atoms with van der Waals surface area (Å²) < 4.78 is 6.06. The minimum Gasteiger partial charge on any atom is -0.431 e. The van der Waals surface area contributed by atoms with Gasteiger partial charge in [0.2, 0.25) is 11.8 Å². The van der Waals surface area contributed by atoms with Gasteiger partial charge in [0, 0.05) is 30.1 Å². The zero-order valence-corrected chi connectivity index (χ0v) is 17.3. The molecule has 1 aromatic heterocycles. The average Bonchev–Trinajstić information content (AvgIpc) is 3.23. The zero-order chi connectivity index (χ0) is 20.9. The van der Waals surface area contributed by atoms with Crippen LogP contribution < -0.4 is 5.73 Å². The topological polar surface area (TPSA) is 89.4 Å². The van der Waals surface area contributed by atoms with E-state index in [2.05, 4.69) is 4.98 Å². The average molecular weight is 422 g/mol. The van der Waals surface area contributed by atoms with Gasteiger partial charge < -0.3 is 15.1 Å². The molecule has 0 radical (unpaired) electrons. The molecule has 154 valence electrons. The Kier molecular flexibility index (Phi) is 6.18. The Morgan fingerprint density at radius 2 is 1.60 bits per heavy atom. The number of benzene rings is 2. The second-order valence-electron chi connectivity index (χ2n) is 7.24. The van der Waals surface area contributed by atoms with Crippen LogP contribution in [0.25, 0.3) is 22.6 Å². The molecule has 1 fully saturated rings. The molecule has 7 heteroatoms. The number of hydrogen-bond donors (Lipinski definition) is 1. The molecular formula is C23H23N3O3S. The second-order valence-corrected chi connectivity index (χ2v) is 8.16. The minimum atomic E-state index is -0.279. The number of carbonyl (C=O) groups excluding carboxylic acids is 2. The van der Waals surface area contributed by atoms with E-state index in [0.717, 1.165) is 16.8 Å². The highest BCUT2D eigenvalue weighted by atomic mass is 32.2. The van der Waals surface area contributed by atoms with Gasteiger partial charge in [-0.2, -0.15) is 0 Å². The number of rotatable bonds is 6. The highest BCUT2D eigenvalue weighted by Crippen LogP contribution is 2.35. The lowest BCUT2D eigenvalue weighted by atomic mass is 9.96. The number of amides is 2. The van der Waals surface area contributed by atoms with Gasteiger partial charge in [0.1, 0.15) is 5.69 Å². The molecular weight excluding hydrogens is 398 g/mol. The van der Waals surface area contributed by atoms with E-state index in [1.165, 1.54) is 11.8 Å². The molecule has 1 aliphatic rings. The van der Waals surface area contributed by atoms with Crippen molar-refractivity contribution in [3.8, 4) is 22.6 Å². The number of aromatic nitrogens is 1. The SMILES string of the molecule is NC(=O)C1CCN(C(=O)CSc2nc(-c3ccccc3)c(-c3ccccc3)o2)CC1. The first-order chi connectivity index (χ1) is 14.6. The van der Waals surface area contributed by atoms with E-state index in [1.807, 2.05) is 60.7 Å². The number of likely N-dealkylation sites (tertiary alicyclic amines) is 1. The lowest BCUT2D eigenvalue weighted by Crippen LogP contribution is -2.42. The van der Waals surface area contributed by atoms with Crippen LogP contribution in [0.15, 0.2) is 70.3 Å². The highest BCUT2D eigenvalue weighted by molar-refractivity contribution is 7.99. The Balaban J connectivity index is 1.48. The van der Waals surface area contributed by atoms with Crippen LogP contribution in [0.3, 0.4) is 0 Å². The van der Waals surface area contributed by atoms with E-state index >= 15 is 0 Å². The van der Waals surface area contributed by atoms with Crippen LogP contribution in [0.2, 0.25) is 0 Å². The van der Waals surface area contributed by atoms with Crippen LogP contribution in [0.1, 0.15) is 12.8 Å². The smallest absolute Gasteiger partial charge is 0.257 e. The summed E-state index contributed by atoms with van der Waals surface area (Å²) in [5.74, 6) is 0.542. The van der Waals surface area contributed by atoms with Crippen molar-refractivity contribution in [3.63, 3.8) is 0 Å². The van der Waals surface area contributed by atoms with E-state index in [9.17, 15) is 9.59 Å². The fourth-order valence-electron chi connectivity index (χ4n) is 3.57. The molecule has 30 heavy (non-hydrogen) atoms. The molecule has 0 saturated carbocycles. The number of piperidine rings is 1. The maximum Gasteiger partial charge on any atom is 0.257 e. The Bertz CT molecular complexity index is 956. The van der Waals surface area contributed by atoms with Crippen LogP contribution >= 0.6 is 11.8 Å². The van der Waals surface area contributed by atoms with Crippen molar-refractivity contribution in [2.75, 3.05) is 18.8 Å². The van der Waals surface area contributed by atoms with Crippen molar-refractivity contribution in [3.05, 3.63) is 60.7 Å². The molecule has 0 spiro atoms. The van der Waals surface area contributed by atoms with Crippen LogP contribution in [-0.4, -0.2) is 40.5 Å². The third-order valence-electron chi connectivity index (χ3n) is 5.26. The highest BCUT2D eigenvalue weighted by Gasteiger charge is 2.26. The standard InChI is InChI=1S/C23H23N3O3S/c24-22(28)18-11-13-26(14-12-18)19(27)15-30-23-25-20(16-7-3-1-4-8-16)21(29-23)17-9-5-2-6-10-17/h1-10,18H,11-15H2,(H2,24,28). The van der Waals surface area contributed by atoms with Crippen LogP contribution in [0.5, 0.6) is 0 Å². The van der Waals surface area contributed by atoms with Gasteiger partial charge in [0.05, 0.1) is 5.75 Å². The first-order valence-corrected chi connectivity index (χ1v) is 10.9. The van der Waals surface area contributed by atoms with Gasteiger partial charge in [-0.15, -0.1) is 0 Å². The summed E-state index contributed by atoms with van der Waals surface area (Å²) in [5.41, 5.74) is 8.04. The maximum atomic E-state index is 12.6. The molecule has 3 aromatic rings. The first kappa shape index (κ1) is 20.2. The van der Waals surface area contributed by atoms with Gasteiger partial charge >= 0.3 is 0 Å². The fraction of sp³-hybridized carbons (Fsp3) is 0.261. The molecule has 1 aliphatic heterocycles. The Hall–Kier alpha value is -3.06. The van der Waals surface area contributed by atoms with Crippen molar-refractivity contribution in [2.45, 2.75) is 18.1 Å². The van der Waals surface area contributed by atoms with Crippen molar-refractivity contribution in [1.82, 2.24) is 9.88 Å². The third kappa shape index (κ3) is 4.57. The Morgan fingerprint density at radius 1 is 1.00 bits per heavy atom. The molecule has 4 rings (SSSR count). The minimum absolute atomic E-state index is 0.0173. The molecule has 0 atom stereocenters. The van der Waals surface area contributed by atoms with E-state index in [0.29, 0.717) is 36.9 Å². The number of nitrogens with two attached hydrogens (primary N) is 1. The third-order valence-corrected chi connectivity index (χ3v) is 6.07. The van der Waals surface area contributed by atoms with Crippen molar-refractivity contribution < 1.29 is 14.0 Å². The molecule has 1 saturated heterocycles. The molecule has 0 aliphatic carbocycles. The predicted octanol–water partition coefficient (Wildman–Crippen LogP) is 3.82.